The molecular formula is C19H19N3O5. The molecule has 8 heteroatoms. The number of amides is 3. The molecule has 27 heavy (non-hydrogen) atoms. The molecule has 0 unspecified atom stereocenters. The first-order chi connectivity index (χ1) is 12.9. The Morgan fingerprint density at radius 1 is 1.15 bits per heavy atom. The number of anilines is 2. The lowest BCUT2D eigenvalue weighted by molar-refractivity contribution is -0.136. The van der Waals surface area contributed by atoms with Gasteiger partial charge in [-0.05, 0) is 42.3 Å². The van der Waals surface area contributed by atoms with Gasteiger partial charge in [0.15, 0.2) is 6.61 Å². The molecule has 0 spiro atoms. The molecule has 0 saturated heterocycles. The average molecular weight is 369 g/mol. The van der Waals surface area contributed by atoms with Crippen molar-refractivity contribution < 1.29 is 24.2 Å². The van der Waals surface area contributed by atoms with E-state index in [9.17, 15) is 19.5 Å². The van der Waals surface area contributed by atoms with Crippen LogP contribution >= 0.6 is 0 Å². The third-order valence-electron chi connectivity index (χ3n) is 4.15. The second kappa shape index (κ2) is 7.77. The highest BCUT2D eigenvalue weighted by atomic mass is 16.5. The van der Waals surface area contributed by atoms with Crippen LogP contribution < -0.4 is 20.3 Å². The predicted octanol–water partition coefficient (Wildman–Crippen LogP) is 1.04. The molecule has 3 rings (SSSR count). The zero-order chi connectivity index (χ0) is 19.4. The molecule has 3 N–H and O–H groups in total. The maximum atomic E-state index is 12.0. The Morgan fingerprint density at radius 3 is 2.63 bits per heavy atom. The topological polar surface area (TPSA) is 108 Å². The summed E-state index contributed by atoms with van der Waals surface area (Å²) in [4.78, 5) is 37.1. The van der Waals surface area contributed by atoms with Gasteiger partial charge in [0.05, 0.1) is 5.69 Å². The van der Waals surface area contributed by atoms with Crippen LogP contribution in [0.2, 0.25) is 0 Å². The number of fused-ring (bicyclic) bond motifs is 1. The fraction of sp³-hybridized carbons (Fsp3) is 0.211. The van der Waals surface area contributed by atoms with Crippen molar-refractivity contribution in [3.05, 3.63) is 48.0 Å². The largest absolute Gasteiger partial charge is 0.508 e. The van der Waals surface area contributed by atoms with E-state index in [4.69, 9.17) is 4.74 Å². The van der Waals surface area contributed by atoms with Gasteiger partial charge in [-0.15, -0.1) is 0 Å². The number of phenolic OH excluding ortho intramolecular Hbond substituents is 1. The molecule has 8 nitrogen and oxygen atoms in total. The van der Waals surface area contributed by atoms with Crippen molar-refractivity contribution >= 4 is 29.1 Å². The number of likely N-dealkylation sites (N-methyl/N-ethyl adjacent to an activating group) is 1. The molecule has 140 valence electrons. The van der Waals surface area contributed by atoms with Crippen molar-refractivity contribution in [2.75, 3.05) is 30.4 Å². The molecule has 0 atom stereocenters. The van der Waals surface area contributed by atoms with Crippen LogP contribution in [-0.4, -0.2) is 43.0 Å². The lowest BCUT2D eigenvalue weighted by Gasteiger charge is -2.26. The van der Waals surface area contributed by atoms with E-state index in [0.29, 0.717) is 23.5 Å². The van der Waals surface area contributed by atoms with Gasteiger partial charge >= 0.3 is 11.8 Å². The number of hydrogen-bond donors (Lipinski definition) is 3. The van der Waals surface area contributed by atoms with Crippen molar-refractivity contribution in [3.63, 3.8) is 0 Å². The minimum absolute atomic E-state index is 0.0291. The molecule has 0 aromatic heterocycles. The first kappa shape index (κ1) is 18.2. The lowest BCUT2D eigenvalue weighted by atomic mass is 10.1. The number of phenols is 1. The molecule has 0 saturated carbocycles. The minimum atomic E-state index is -0.800. The van der Waals surface area contributed by atoms with E-state index < -0.39 is 11.8 Å². The number of rotatable bonds is 4. The van der Waals surface area contributed by atoms with Gasteiger partial charge in [-0.2, -0.15) is 0 Å². The van der Waals surface area contributed by atoms with Crippen molar-refractivity contribution in [2.45, 2.75) is 6.42 Å². The van der Waals surface area contributed by atoms with Crippen LogP contribution in [0.4, 0.5) is 11.4 Å². The van der Waals surface area contributed by atoms with Gasteiger partial charge in [0.25, 0.3) is 5.91 Å². The first-order valence-corrected chi connectivity index (χ1v) is 8.34. The molecule has 0 bridgehead atoms. The van der Waals surface area contributed by atoms with Gasteiger partial charge in [0.2, 0.25) is 0 Å². The maximum absolute atomic E-state index is 12.0. The normalized spacial score (nSPS) is 12.8. The second-order valence-electron chi connectivity index (χ2n) is 6.05. The van der Waals surface area contributed by atoms with Crippen molar-refractivity contribution in [1.29, 1.82) is 0 Å². The summed E-state index contributed by atoms with van der Waals surface area (Å²) >= 11 is 0. The smallest absolute Gasteiger partial charge is 0.313 e. The van der Waals surface area contributed by atoms with Crippen LogP contribution in [0.15, 0.2) is 42.5 Å². The highest BCUT2D eigenvalue weighted by Gasteiger charge is 2.23. The highest BCUT2D eigenvalue weighted by Crippen LogP contribution is 2.33. The number of nitrogens with zero attached hydrogens (tertiary/aromatic N) is 1. The quantitative estimate of drug-likeness (QED) is 0.698. The Balaban J connectivity index is 1.54. The van der Waals surface area contributed by atoms with Crippen molar-refractivity contribution in [2.24, 2.45) is 0 Å². The van der Waals surface area contributed by atoms with E-state index >= 15 is 0 Å². The molecule has 2 aromatic carbocycles. The second-order valence-corrected chi connectivity index (χ2v) is 6.05. The summed E-state index contributed by atoms with van der Waals surface area (Å²) in [6, 6.07) is 11.4. The number of hydrogen-bond acceptors (Lipinski definition) is 5. The number of carbonyl (C=O) groups excluding carboxylic acids is 3. The third kappa shape index (κ3) is 4.35. The van der Waals surface area contributed by atoms with Crippen molar-refractivity contribution in [1.82, 2.24) is 5.32 Å². The summed E-state index contributed by atoms with van der Waals surface area (Å²) in [5.74, 6) is -1.05. The number of ether oxygens (including phenoxy) is 1. The lowest BCUT2D eigenvalue weighted by Crippen LogP contribution is -2.37. The monoisotopic (exact) mass is 369 g/mol. The molecule has 0 radical (unpaired) electrons. The van der Waals surface area contributed by atoms with Crippen LogP contribution in [0.1, 0.15) is 5.56 Å². The Hall–Kier alpha value is -3.55. The molecule has 0 fully saturated rings. The van der Waals surface area contributed by atoms with Gasteiger partial charge in [0.1, 0.15) is 11.5 Å². The average Bonchev–Trinajstić information content (AvgIpc) is 2.66. The number of benzene rings is 2. The Kier molecular flexibility index (Phi) is 5.25. The predicted molar refractivity (Wildman–Crippen MR) is 98.8 cm³/mol. The fourth-order valence-corrected chi connectivity index (χ4v) is 2.60. The first-order valence-electron chi connectivity index (χ1n) is 8.34. The summed E-state index contributed by atoms with van der Waals surface area (Å²) in [5, 5.41) is 14.3. The maximum Gasteiger partial charge on any atom is 0.313 e. The molecule has 1 aliphatic rings. The van der Waals surface area contributed by atoms with E-state index in [1.54, 1.807) is 49.5 Å². The molecule has 1 heterocycles. The van der Waals surface area contributed by atoms with E-state index in [1.165, 1.54) is 4.90 Å². The number of carbonyl (C=O) groups is 3. The van der Waals surface area contributed by atoms with Crippen LogP contribution in [0.3, 0.4) is 0 Å². The van der Waals surface area contributed by atoms with Crippen molar-refractivity contribution in [3.8, 4) is 11.5 Å². The zero-order valence-corrected chi connectivity index (χ0v) is 14.7. The number of aromatic hydroxyl groups is 1. The van der Waals surface area contributed by atoms with Gasteiger partial charge in [0, 0.05) is 19.3 Å². The summed E-state index contributed by atoms with van der Waals surface area (Å²) in [7, 11) is 1.62. The summed E-state index contributed by atoms with van der Waals surface area (Å²) in [6.45, 7) is 0.255. The summed E-state index contributed by atoms with van der Waals surface area (Å²) in [5.41, 5.74) is 1.84. The van der Waals surface area contributed by atoms with E-state index in [1.807, 2.05) is 0 Å². The van der Waals surface area contributed by atoms with Gasteiger partial charge < -0.3 is 25.4 Å². The standard InChI is InChI=1S/C19H19N3O5/c1-22-15-10-13(4-7-16(15)27-11-17(22)24)21-19(26)18(25)20-9-8-12-2-5-14(23)6-3-12/h2-7,10,23H,8-9,11H2,1H3,(H,20,25)(H,21,26). The van der Waals surface area contributed by atoms with E-state index in [0.717, 1.165) is 5.56 Å². The van der Waals surface area contributed by atoms with Crippen LogP contribution in [0, 0.1) is 0 Å². The van der Waals surface area contributed by atoms with Gasteiger partial charge in [-0.3, -0.25) is 14.4 Å². The van der Waals surface area contributed by atoms with Crippen LogP contribution in [0.25, 0.3) is 0 Å². The summed E-state index contributed by atoms with van der Waals surface area (Å²) in [6.07, 6.45) is 0.530. The van der Waals surface area contributed by atoms with Gasteiger partial charge in [-0.25, -0.2) is 0 Å². The number of nitrogens with one attached hydrogen (secondary N) is 2. The SMILES string of the molecule is CN1C(=O)COc2ccc(NC(=O)C(=O)NCCc3ccc(O)cc3)cc21. The van der Waals surface area contributed by atoms with Crippen LogP contribution in [-0.2, 0) is 20.8 Å². The summed E-state index contributed by atoms with van der Waals surface area (Å²) < 4.78 is 5.32. The third-order valence-corrected chi connectivity index (χ3v) is 4.15. The van der Waals surface area contributed by atoms with E-state index in [2.05, 4.69) is 10.6 Å². The Labute approximate surface area is 155 Å². The molecule has 2 aromatic rings. The zero-order valence-electron chi connectivity index (χ0n) is 14.7. The van der Waals surface area contributed by atoms with E-state index in [-0.39, 0.29) is 24.8 Å². The van der Waals surface area contributed by atoms with Crippen LogP contribution in [0.5, 0.6) is 11.5 Å². The van der Waals surface area contributed by atoms with Gasteiger partial charge in [-0.1, -0.05) is 12.1 Å². The Bertz CT molecular complexity index is 879. The molecule has 0 aliphatic carbocycles. The minimum Gasteiger partial charge on any atom is -0.508 e. The Morgan fingerprint density at radius 2 is 1.89 bits per heavy atom. The molecule has 3 amide bonds. The fourth-order valence-electron chi connectivity index (χ4n) is 2.60. The highest BCUT2D eigenvalue weighted by molar-refractivity contribution is 6.39. The molecule has 1 aliphatic heterocycles. The molecular weight excluding hydrogens is 350 g/mol.